The van der Waals surface area contributed by atoms with Crippen molar-refractivity contribution in [3.63, 3.8) is 0 Å². The summed E-state index contributed by atoms with van der Waals surface area (Å²) in [6, 6.07) is 13.9. The van der Waals surface area contributed by atoms with Crippen molar-refractivity contribution in [1.82, 2.24) is 9.97 Å². The molecule has 0 saturated heterocycles. The van der Waals surface area contributed by atoms with Crippen molar-refractivity contribution in [1.29, 1.82) is 5.26 Å². The number of nitrogens with one attached hydrogen (secondary N) is 2. The second kappa shape index (κ2) is 6.93. The molecule has 0 unspecified atom stereocenters. The van der Waals surface area contributed by atoms with Crippen LogP contribution >= 0.6 is 0 Å². The van der Waals surface area contributed by atoms with Crippen molar-refractivity contribution in [2.45, 2.75) is 6.92 Å². The van der Waals surface area contributed by atoms with Gasteiger partial charge >= 0.3 is 0 Å². The lowest BCUT2D eigenvalue weighted by atomic mass is 10.2. The van der Waals surface area contributed by atoms with E-state index >= 15 is 0 Å². The maximum Gasteiger partial charge on any atom is 0.149 e. The van der Waals surface area contributed by atoms with Crippen LogP contribution in [0.5, 0.6) is 0 Å². The first-order valence-corrected chi connectivity index (χ1v) is 7.39. The first kappa shape index (κ1) is 16.3. The number of nitriles is 1. The number of aryl methyl sites for hydroxylation is 1. The van der Waals surface area contributed by atoms with Crippen LogP contribution in [0.4, 0.5) is 31.8 Å². The lowest BCUT2D eigenvalue weighted by molar-refractivity contribution is 0.586. The lowest BCUT2D eigenvalue weighted by Crippen LogP contribution is -2.03. The molecule has 0 radical (unpaired) electrons. The van der Waals surface area contributed by atoms with Crippen molar-refractivity contribution in [3.05, 3.63) is 71.6 Å². The van der Waals surface area contributed by atoms with E-state index in [1.165, 1.54) is 6.07 Å². The molecule has 0 fully saturated rings. The van der Waals surface area contributed by atoms with Crippen LogP contribution in [0.15, 0.2) is 48.5 Å². The Morgan fingerprint density at radius 3 is 2.28 bits per heavy atom. The van der Waals surface area contributed by atoms with Gasteiger partial charge in [0.1, 0.15) is 35.2 Å². The van der Waals surface area contributed by atoms with Gasteiger partial charge in [0, 0.05) is 12.1 Å². The highest BCUT2D eigenvalue weighted by molar-refractivity contribution is 5.67. The molecule has 2 N–H and O–H groups in total. The fourth-order valence-corrected chi connectivity index (χ4v) is 2.25. The Hall–Kier alpha value is -3.53. The zero-order chi connectivity index (χ0) is 17.8. The summed E-state index contributed by atoms with van der Waals surface area (Å²) in [5.74, 6) is -0.141. The van der Waals surface area contributed by atoms with Gasteiger partial charge in [-0.05, 0) is 31.2 Å². The molecule has 0 aliphatic rings. The monoisotopic (exact) mass is 337 g/mol. The van der Waals surface area contributed by atoms with Crippen molar-refractivity contribution in [3.8, 4) is 6.07 Å². The molecule has 124 valence electrons. The van der Waals surface area contributed by atoms with E-state index in [-0.39, 0.29) is 5.69 Å². The number of hydrogen-bond donors (Lipinski definition) is 2. The smallest absolute Gasteiger partial charge is 0.149 e. The number of rotatable bonds is 4. The van der Waals surface area contributed by atoms with Crippen LogP contribution in [0.2, 0.25) is 0 Å². The van der Waals surface area contributed by atoms with E-state index in [1.807, 2.05) is 0 Å². The minimum Gasteiger partial charge on any atom is -0.339 e. The van der Waals surface area contributed by atoms with Crippen molar-refractivity contribution < 1.29 is 8.78 Å². The van der Waals surface area contributed by atoms with Gasteiger partial charge in [-0.25, -0.2) is 18.7 Å². The van der Waals surface area contributed by atoms with Gasteiger partial charge in [-0.2, -0.15) is 5.26 Å². The summed E-state index contributed by atoms with van der Waals surface area (Å²) in [6.07, 6.45) is 0. The summed E-state index contributed by atoms with van der Waals surface area (Å²) < 4.78 is 26.8. The molecule has 0 saturated carbocycles. The van der Waals surface area contributed by atoms with Crippen LogP contribution in [0.25, 0.3) is 0 Å². The van der Waals surface area contributed by atoms with Crippen molar-refractivity contribution in [2.75, 3.05) is 10.6 Å². The van der Waals surface area contributed by atoms with Gasteiger partial charge < -0.3 is 10.6 Å². The van der Waals surface area contributed by atoms with E-state index in [1.54, 1.807) is 37.3 Å². The first-order valence-electron chi connectivity index (χ1n) is 7.39. The Labute approximate surface area is 143 Å². The second-order valence-corrected chi connectivity index (χ2v) is 5.22. The third-order valence-electron chi connectivity index (χ3n) is 3.34. The highest BCUT2D eigenvalue weighted by Gasteiger charge is 2.08. The van der Waals surface area contributed by atoms with Crippen LogP contribution in [-0.2, 0) is 0 Å². The molecule has 0 aliphatic heterocycles. The van der Waals surface area contributed by atoms with E-state index in [2.05, 4.69) is 26.7 Å². The molecular formula is C18H13F2N5. The highest BCUT2D eigenvalue weighted by Crippen LogP contribution is 2.24. The molecule has 2 aromatic carbocycles. The van der Waals surface area contributed by atoms with Crippen molar-refractivity contribution >= 4 is 23.0 Å². The largest absolute Gasteiger partial charge is 0.339 e. The average Bonchev–Trinajstić information content (AvgIpc) is 2.57. The minimum atomic E-state index is -0.722. The standard InChI is InChI=1S/C18H13F2N5/c1-11-22-17(24-15-5-3-2-4-12(15)10-21)9-18(23-11)25-16-7-6-13(19)8-14(16)20/h2-9H,1H3,(H2,22,23,24,25). The fraction of sp³-hybridized carbons (Fsp3) is 0.0556. The molecule has 5 nitrogen and oxygen atoms in total. The maximum atomic E-state index is 13.8. The summed E-state index contributed by atoms with van der Waals surface area (Å²) >= 11 is 0. The van der Waals surface area contributed by atoms with Crippen LogP contribution in [0, 0.1) is 29.9 Å². The van der Waals surface area contributed by atoms with Crippen LogP contribution in [0.1, 0.15) is 11.4 Å². The quantitative estimate of drug-likeness (QED) is 0.737. The Morgan fingerprint density at radius 1 is 0.920 bits per heavy atom. The Kier molecular flexibility index (Phi) is 4.53. The molecular weight excluding hydrogens is 324 g/mol. The summed E-state index contributed by atoms with van der Waals surface area (Å²) in [6.45, 7) is 1.69. The number of benzene rings is 2. The number of hydrogen-bond acceptors (Lipinski definition) is 5. The number of aromatic nitrogens is 2. The lowest BCUT2D eigenvalue weighted by Gasteiger charge is -2.11. The van der Waals surface area contributed by atoms with E-state index < -0.39 is 11.6 Å². The average molecular weight is 337 g/mol. The molecule has 0 bridgehead atoms. The molecule has 7 heteroatoms. The summed E-state index contributed by atoms with van der Waals surface area (Å²) in [5.41, 5.74) is 1.17. The molecule has 25 heavy (non-hydrogen) atoms. The number of halogens is 2. The second-order valence-electron chi connectivity index (χ2n) is 5.22. The van der Waals surface area contributed by atoms with Crippen LogP contribution < -0.4 is 10.6 Å². The predicted octanol–water partition coefficient (Wildman–Crippen LogP) is 4.42. The van der Waals surface area contributed by atoms with Gasteiger partial charge in [0.2, 0.25) is 0 Å². The Morgan fingerprint density at radius 2 is 1.60 bits per heavy atom. The van der Waals surface area contributed by atoms with Gasteiger partial charge in [0.25, 0.3) is 0 Å². The molecule has 0 amide bonds. The molecule has 3 aromatic rings. The predicted molar refractivity (Wildman–Crippen MR) is 90.8 cm³/mol. The van der Waals surface area contributed by atoms with E-state index in [9.17, 15) is 8.78 Å². The van der Waals surface area contributed by atoms with Gasteiger partial charge in [0.15, 0.2) is 0 Å². The van der Waals surface area contributed by atoms with E-state index in [0.717, 1.165) is 12.1 Å². The van der Waals surface area contributed by atoms with Gasteiger partial charge in [0.05, 0.1) is 16.9 Å². The normalized spacial score (nSPS) is 10.2. The number of anilines is 4. The van der Waals surface area contributed by atoms with Crippen LogP contribution in [-0.4, -0.2) is 9.97 Å². The molecule has 1 heterocycles. The van der Waals surface area contributed by atoms with Gasteiger partial charge in [-0.3, -0.25) is 0 Å². The molecule has 3 rings (SSSR count). The third-order valence-corrected chi connectivity index (χ3v) is 3.34. The summed E-state index contributed by atoms with van der Waals surface area (Å²) in [7, 11) is 0. The zero-order valence-electron chi connectivity index (χ0n) is 13.2. The van der Waals surface area contributed by atoms with E-state index in [0.29, 0.717) is 28.7 Å². The number of para-hydroxylation sites is 1. The molecule has 0 atom stereocenters. The maximum absolute atomic E-state index is 13.8. The molecule has 0 spiro atoms. The van der Waals surface area contributed by atoms with Crippen LogP contribution in [0.3, 0.4) is 0 Å². The highest BCUT2D eigenvalue weighted by atomic mass is 19.1. The van der Waals surface area contributed by atoms with Gasteiger partial charge in [-0.15, -0.1) is 0 Å². The topological polar surface area (TPSA) is 73.6 Å². The summed E-state index contributed by atoms with van der Waals surface area (Å²) in [4.78, 5) is 8.45. The zero-order valence-corrected chi connectivity index (χ0v) is 13.2. The minimum absolute atomic E-state index is 0.0999. The fourth-order valence-electron chi connectivity index (χ4n) is 2.25. The van der Waals surface area contributed by atoms with Gasteiger partial charge in [-0.1, -0.05) is 12.1 Å². The van der Waals surface area contributed by atoms with E-state index in [4.69, 9.17) is 5.26 Å². The molecule has 1 aromatic heterocycles. The Bertz CT molecular complexity index is 966. The third kappa shape index (κ3) is 3.87. The summed E-state index contributed by atoms with van der Waals surface area (Å²) in [5, 5.41) is 15.0. The first-order chi connectivity index (χ1) is 12.0. The Balaban J connectivity index is 1.89. The SMILES string of the molecule is Cc1nc(Nc2ccc(F)cc2F)cc(Nc2ccccc2C#N)n1. The number of nitrogens with zero attached hydrogens (tertiary/aromatic N) is 3. The molecule has 0 aliphatic carbocycles. The van der Waals surface area contributed by atoms with Crippen molar-refractivity contribution in [2.24, 2.45) is 0 Å².